The minimum Gasteiger partial charge on any atom is -0.0616 e. The molecule has 0 N–H and O–H groups in total. The van der Waals surface area contributed by atoms with E-state index in [-0.39, 0.29) is 5.41 Å². The van der Waals surface area contributed by atoms with Gasteiger partial charge in [0.1, 0.15) is 0 Å². The molecular formula is C31H23Br. The zero-order valence-corrected chi connectivity index (χ0v) is 19.8. The maximum atomic E-state index is 3.52. The van der Waals surface area contributed by atoms with Crippen LogP contribution in [0.15, 0.2) is 108 Å². The Morgan fingerprint density at radius 1 is 0.562 bits per heavy atom. The molecule has 0 heterocycles. The van der Waals surface area contributed by atoms with Gasteiger partial charge < -0.3 is 0 Å². The van der Waals surface area contributed by atoms with Gasteiger partial charge in [-0.05, 0) is 73.5 Å². The number of hydrogen-bond acceptors (Lipinski definition) is 0. The highest BCUT2D eigenvalue weighted by atomic mass is 79.9. The van der Waals surface area contributed by atoms with E-state index >= 15 is 0 Å². The molecule has 5 aromatic rings. The van der Waals surface area contributed by atoms with E-state index in [1.54, 1.807) is 0 Å². The molecule has 0 nitrogen and oxygen atoms in total. The van der Waals surface area contributed by atoms with Gasteiger partial charge in [-0.25, -0.2) is 0 Å². The lowest BCUT2D eigenvalue weighted by molar-refractivity contribution is 0.661. The SMILES string of the molecule is CC1(C)c2cc(-c3ccc(-c4ccc(Br)cc4)cc3)ccc2-c2c1ccc1ccccc21. The quantitative estimate of drug-likeness (QED) is 0.239. The molecule has 1 heteroatoms. The standard InChI is InChI=1S/C31H23Br/c1-31(2)28-18-14-23-5-3-4-6-26(23)30(28)27-17-13-24(19-29(27)31)22-9-7-20(8-10-22)21-11-15-25(32)16-12-21/h3-19H,1-2H3. The molecule has 5 aromatic carbocycles. The Morgan fingerprint density at radius 3 is 1.88 bits per heavy atom. The summed E-state index contributed by atoms with van der Waals surface area (Å²) in [5.41, 5.74) is 10.6. The average molecular weight is 475 g/mol. The van der Waals surface area contributed by atoms with Crippen molar-refractivity contribution in [1.82, 2.24) is 0 Å². The molecule has 0 radical (unpaired) electrons. The van der Waals surface area contributed by atoms with Crippen LogP contribution in [0.1, 0.15) is 25.0 Å². The zero-order valence-electron chi connectivity index (χ0n) is 18.2. The van der Waals surface area contributed by atoms with E-state index in [1.165, 1.54) is 55.3 Å². The van der Waals surface area contributed by atoms with Crippen LogP contribution in [0.4, 0.5) is 0 Å². The molecule has 0 saturated heterocycles. The number of rotatable bonds is 2. The van der Waals surface area contributed by atoms with Gasteiger partial charge in [-0.15, -0.1) is 0 Å². The zero-order chi connectivity index (χ0) is 21.9. The third kappa shape index (κ3) is 2.96. The second-order valence-corrected chi connectivity index (χ2v) is 10.1. The van der Waals surface area contributed by atoms with Gasteiger partial charge in [0.25, 0.3) is 0 Å². The molecule has 1 aliphatic carbocycles. The Hall–Kier alpha value is -3.16. The summed E-state index contributed by atoms with van der Waals surface area (Å²) in [7, 11) is 0. The molecule has 0 amide bonds. The fourth-order valence-corrected chi connectivity index (χ4v) is 5.45. The topological polar surface area (TPSA) is 0 Å². The van der Waals surface area contributed by atoms with Crippen molar-refractivity contribution < 1.29 is 0 Å². The van der Waals surface area contributed by atoms with Crippen LogP contribution in [0.3, 0.4) is 0 Å². The Balaban J connectivity index is 1.44. The molecule has 0 atom stereocenters. The summed E-state index contributed by atoms with van der Waals surface area (Å²) in [5, 5.41) is 2.66. The number of halogens is 1. The van der Waals surface area contributed by atoms with Crippen molar-refractivity contribution >= 4 is 26.7 Å². The highest BCUT2D eigenvalue weighted by molar-refractivity contribution is 9.10. The van der Waals surface area contributed by atoms with Crippen molar-refractivity contribution in [3.8, 4) is 33.4 Å². The van der Waals surface area contributed by atoms with Crippen molar-refractivity contribution in [2.75, 3.05) is 0 Å². The van der Waals surface area contributed by atoms with Gasteiger partial charge in [0.2, 0.25) is 0 Å². The van der Waals surface area contributed by atoms with Crippen molar-refractivity contribution in [1.29, 1.82) is 0 Å². The Kier molecular flexibility index (Phi) is 4.38. The maximum Gasteiger partial charge on any atom is 0.0175 e. The van der Waals surface area contributed by atoms with Gasteiger partial charge >= 0.3 is 0 Å². The third-order valence-electron chi connectivity index (χ3n) is 6.96. The van der Waals surface area contributed by atoms with Crippen LogP contribution in [0, 0.1) is 0 Å². The second kappa shape index (κ2) is 7.18. The normalized spacial score (nSPS) is 13.7. The smallest absolute Gasteiger partial charge is 0.0175 e. The Labute approximate surface area is 197 Å². The average Bonchev–Trinajstić information content (AvgIpc) is 3.06. The predicted molar refractivity (Wildman–Crippen MR) is 140 cm³/mol. The van der Waals surface area contributed by atoms with Crippen molar-refractivity contribution in [3.05, 3.63) is 119 Å². The summed E-state index contributed by atoms with van der Waals surface area (Å²) in [4.78, 5) is 0. The molecule has 0 fully saturated rings. The van der Waals surface area contributed by atoms with E-state index in [4.69, 9.17) is 0 Å². The fraction of sp³-hybridized carbons (Fsp3) is 0.0968. The maximum absolute atomic E-state index is 3.52. The molecule has 0 aromatic heterocycles. The summed E-state index contributed by atoms with van der Waals surface area (Å²) in [6.45, 7) is 4.71. The summed E-state index contributed by atoms with van der Waals surface area (Å²) < 4.78 is 1.10. The minimum atomic E-state index is -0.0118. The van der Waals surface area contributed by atoms with Gasteiger partial charge in [0, 0.05) is 9.89 Å². The van der Waals surface area contributed by atoms with Gasteiger partial charge in [-0.3, -0.25) is 0 Å². The highest BCUT2D eigenvalue weighted by Gasteiger charge is 2.36. The molecular weight excluding hydrogens is 452 g/mol. The molecule has 6 rings (SSSR count). The van der Waals surface area contributed by atoms with E-state index in [1.807, 2.05) is 0 Å². The minimum absolute atomic E-state index is 0.0118. The Morgan fingerprint density at radius 2 is 1.16 bits per heavy atom. The first-order chi connectivity index (χ1) is 15.5. The molecule has 0 unspecified atom stereocenters. The van der Waals surface area contributed by atoms with Gasteiger partial charge in [-0.1, -0.05) is 115 Å². The first-order valence-electron chi connectivity index (χ1n) is 11.1. The predicted octanol–water partition coefficient (Wildman–Crippen LogP) is 9.24. The van der Waals surface area contributed by atoms with Crippen LogP contribution in [-0.4, -0.2) is 0 Å². The van der Waals surface area contributed by atoms with Crippen molar-refractivity contribution in [2.24, 2.45) is 0 Å². The summed E-state index contributed by atoms with van der Waals surface area (Å²) in [6.07, 6.45) is 0. The highest BCUT2D eigenvalue weighted by Crippen LogP contribution is 2.52. The van der Waals surface area contributed by atoms with Crippen LogP contribution in [-0.2, 0) is 5.41 Å². The van der Waals surface area contributed by atoms with E-state index in [0.29, 0.717) is 0 Å². The van der Waals surface area contributed by atoms with Crippen LogP contribution in [0.5, 0.6) is 0 Å². The first kappa shape index (κ1) is 19.5. The molecule has 0 bridgehead atoms. The number of benzene rings is 5. The van der Waals surface area contributed by atoms with Gasteiger partial charge in [0.15, 0.2) is 0 Å². The lowest BCUT2D eigenvalue weighted by Crippen LogP contribution is -2.15. The van der Waals surface area contributed by atoms with Crippen LogP contribution >= 0.6 is 15.9 Å². The fourth-order valence-electron chi connectivity index (χ4n) is 5.18. The van der Waals surface area contributed by atoms with Crippen LogP contribution in [0.25, 0.3) is 44.2 Å². The van der Waals surface area contributed by atoms with E-state index < -0.39 is 0 Å². The summed E-state index contributed by atoms with van der Waals surface area (Å²) in [6, 6.07) is 37.7. The monoisotopic (exact) mass is 474 g/mol. The number of hydrogen-bond donors (Lipinski definition) is 0. The third-order valence-corrected chi connectivity index (χ3v) is 7.49. The Bertz CT molecular complexity index is 1470. The number of fused-ring (bicyclic) bond motifs is 5. The second-order valence-electron chi connectivity index (χ2n) is 9.18. The first-order valence-corrected chi connectivity index (χ1v) is 11.9. The van der Waals surface area contributed by atoms with Crippen LogP contribution < -0.4 is 0 Å². The van der Waals surface area contributed by atoms with Gasteiger partial charge in [0.05, 0.1) is 0 Å². The van der Waals surface area contributed by atoms with E-state index in [0.717, 1.165) is 4.47 Å². The van der Waals surface area contributed by atoms with E-state index in [2.05, 4.69) is 133 Å². The van der Waals surface area contributed by atoms with Gasteiger partial charge in [-0.2, -0.15) is 0 Å². The largest absolute Gasteiger partial charge is 0.0616 e. The van der Waals surface area contributed by atoms with E-state index in [9.17, 15) is 0 Å². The molecule has 0 aliphatic heterocycles. The lowest BCUT2D eigenvalue weighted by atomic mass is 9.81. The molecule has 32 heavy (non-hydrogen) atoms. The molecule has 0 spiro atoms. The summed E-state index contributed by atoms with van der Waals surface area (Å²) >= 11 is 3.52. The molecule has 1 aliphatic rings. The molecule has 154 valence electrons. The van der Waals surface area contributed by atoms with Crippen molar-refractivity contribution in [2.45, 2.75) is 19.3 Å². The molecule has 0 saturated carbocycles. The lowest BCUT2D eigenvalue weighted by Gasteiger charge is -2.22. The van der Waals surface area contributed by atoms with Crippen molar-refractivity contribution in [3.63, 3.8) is 0 Å². The van der Waals surface area contributed by atoms with Crippen LogP contribution in [0.2, 0.25) is 0 Å². The summed E-state index contributed by atoms with van der Waals surface area (Å²) in [5.74, 6) is 0.